The Hall–Kier alpha value is 0.447. The summed E-state index contributed by atoms with van der Waals surface area (Å²) in [6.07, 6.45) is 2.10. The van der Waals surface area contributed by atoms with Crippen LogP contribution in [0.2, 0.25) is 6.04 Å². The van der Waals surface area contributed by atoms with Crippen molar-refractivity contribution >= 4 is 20.6 Å². The van der Waals surface area contributed by atoms with Gasteiger partial charge in [-0.25, -0.2) is 0 Å². The maximum absolute atomic E-state index is 6.36. The molecule has 0 aliphatic rings. The predicted octanol–water partition coefficient (Wildman–Crippen LogP) is 4.73. The molecule has 0 aromatic rings. The molecule has 0 saturated carbocycles. The molecule has 0 N–H and O–H groups in total. The van der Waals surface area contributed by atoms with E-state index < -0.39 is 8.80 Å². The van der Waals surface area contributed by atoms with Crippen molar-refractivity contribution in [3.63, 3.8) is 0 Å². The van der Waals surface area contributed by atoms with E-state index in [1.54, 1.807) is 11.8 Å². The van der Waals surface area contributed by atoms with Gasteiger partial charge in [-0.2, -0.15) is 11.8 Å². The van der Waals surface area contributed by atoms with Crippen molar-refractivity contribution in [2.24, 2.45) is 0 Å². The van der Waals surface area contributed by atoms with Crippen molar-refractivity contribution in [2.45, 2.75) is 85.2 Å². The second-order valence-electron chi connectivity index (χ2n) is 8.07. The first kappa shape index (κ1) is 20.4. The van der Waals surface area contributed by atoms with E-state index in [2.05, 4.69) is 68.6 Å². The van der Waals surface area contributed by atoms with Crippen LogP contribution >= 0.6 is 11.8 Å². The van der Waals surface area contributed by atoms with Crippen LogP contribution in [0.25, 0.3) is 0 Å². The summed E-state index contributed by atoms with van der Waals surface area (Å²) in [5.41, 5.74) is -0.830. The lowest BCUT2D eigenvalue weighted by molar-refractivity contribution is -0.0743. The summed E-state index contributed by atoms with van der Waals surface area (Å²) in [6, 6.07) is 0.833. The summed E-state index contributed by atoms with van der Waals surface area (Å²) in [7, 11) is -2.74. The molecule has 0 fully saturated rings. The molecule has 0 atom stereocenters. The Morgan fingerprint density at radius 1 is 0.700 bits per heavy atom. The summed E-state index contributed by atoms with van der Waals surface area (Å²) in [5, 5.41) is 0. The van der Waals surface area contributed by atoms with E-state index >= 15 is 0 Å². The number of hydrogen-bond acceptors (Lipinski definition) is 4. The molecule has 3 nitrogen and oxygen atoms in total. The lowest BCUT2D eigenvalue weighted by Gasteiger charge is -2.43. The second kappa shape index (κ2) is 7.14. The molecule has 0 bridgehead atoms. The van der Waals surface area contributed by atoms with Gasteiger partial charge in [0.25, 0.3) is 0 Å². The Labute approximate surface area is 131 Å². The molecule has 0 aliphatic heterocycles. The zero-order valence-corrected chi connectivity index (χ0v) is 16.9. The van der Waals surface area contributed by atoms with Crippen LogP contribution in [0.15, 0.2) is 0 Å². The van der Waals surface area contributed by atoms with Crippen molar-refractivity contribution in [2.75, 3.05) is 12.0 Å². The zero-order valence-electron chi connectivity index (χ0n) is 15.0. The summed E-state index contributed by atoms with van der Waals surface area (Å²) in [6.45, 7) is 18.6. The van der Waals surface area contributed by atoms with Crippen LogP contribution in [0.1, 0.15) is 62.3 Å². The molecule has 0 heterocycles. The maximum atomic E-state index is 6.36. The standard InChI is InChI=1S/C15H34O3SSi/c1-13(2,3)16-20(12-11-19-10,17-14(4,5)6)18-15(7,8)9/h11-12H2,1-10H3. The first-order chi connectivity index (χ1) is 8.68. The smallest absolute Gasteiger partial charge is 0.368 e. The Morgan fingerprint density at radius 2 is 1.00 bits per heavy atom. The van der Waals surface area contributed by atoms with E-state index in [4.69, 9.17) is 13.3 Å². The Morgan fingerprint density at radius 3 is 1.20 bits per heavy atom. The van der Waals surface area contributed by atoms with Gasteiger partial charge in [0.1, 0.15) is 0 Å². The third-order valence-corrected chi connectivity index (χ3v) is 6.60. The lowest BCUT2D eigenvalue weighted by atomic mass is 10.2. The predicted molar refractivity (Wildman–Crippen MR) is 91.5 cm³/mol. The van der Waals surface area contributed by atoms with Crippen molar-refractivity contribution in [1.82, 2.24) is 0 Å². The van der Waals surface area contributed by atoms with Gasteiger partial charge in [0.15, 0.2) is 0 Å². The maximum Gasteiger partial charge on any atom is 0.503 e. The van der Waals surface area contributed by atoms with Crippen molar-refractivity contribution in [3.05, 3.63) is 0 Å². The third-order valence-electron chi connectivity index (χ3n) is 2.00. The third kappa shape index (κ3) is 10.2. The van der Waals surface area contributed by atoms with E-state index in [-0.39, 0.29) is 16.8 Å². The highest BCUT2D eigenvalue weighted by atomic mass is 32.2. The Kier molecular flexibility index (Phi) is 7.30. The van der Waals surface area contributed by atoms with Crippen LogP contribution < -0.4 is 0 Å². The van der Waals surface area contributed by atoms with E-state index in [1.807, 2.05) is 0 Å². The molecule has 0 rings (SSSR count). The van der Waals surface area contributed by atoms with Crippen LogP contribution in [0.4, 0.5) is 0 Å². The van der Waals surface area contributed by atoms with Gasteiger partial charge in [0.05, 0.1) is 16.8 Å². The first-order valence-corrected chi connectivity index (χ1v) is 10.6. The highest BCUT2D eigenvalue weighted by Crippen LogP contribution is 2.32. The molecule has 0 amide bonds. The average Bonchev–Trinajstić information content (AvgIpc) is 2.05. The molecule has 0 aromatic carbocycles. The molecule has 0 unspecified atom stereocenters. The van der Waals surface area contributed by atoms with E-state index in [1.165, 1.54) is 0 Å². The van der Waals surface area contributed by atoms with Gasteiger partial charge in [-0.1, -0.05) is 0 Å². The minimum absolute atomic E-state index is 0.277. The number of thioether (sulfide) groups is 1. The van der Waals surface area contributed by atoms with Crippen LogP contribution in [0.3, 0.4) is 0 Å². The van der Waals surface area contributed by atoms with Gasteiger partial charge in [-0.05, 0) is 74.3 Å². The van der Waals surface area contributed by atoms with Crippen molar-refractivity contribution in [3.8, 4) is 0 Å². The van der Waals surface area contributed by atoms with Gasteiger partial charge in [0.2, 0.25) is 0 Å². The van der Waals surface area contributed by atoms with Crippen molar-refractivity contribution < 1.29 is 13.3 Å². The van der Waals surface area contributed by atoms with Gasteiger partial charge >= 0.3 is 8.80 Å². The summed E-state index contributed by atoms with van der Waals surface area (Å²) in [4.78, 5) is 0. The molecule has 0 saturated heterocycles. The Balaban J connectivity index is 5.38. The minimum atomic E-state index is -2.74. The molecule has 0 radical (unpaired) electrons. The largest absolute Gasteiger partial charge is 0.503 e. The van der Waals surface area contributed by atoms with Crippen LogP contribution in [-0.4, -0.2) is 37.6 Å². The summed E-state index contributed by atoms with van der Waals surface area (Å²) in [5.74, 6) is 0.981. The molecule has 0 spiro atoms. The fourth-order valence-corrected chi connectivity index (χ4v) is 6.89. The normalized spacial score (nSPS) is 14.7. The highest BCUT2D eigenvalue weighted by Gasteiger charge is 2.49. The summed E-state index contributed by atoms with van der Waals surface area (Å²) >= 11 is 1.80. The van der Waals surface area contributed by atoms with Gasteiger partial charge < -0.3 is 13.3 Å². The lowest BCUT2D eigenvalue weighted by Crippen LogP contribution is -2.57. The highest BCUT2D eigenvalue weighted by molar-refractivity contribution is 7.98. The first-order valence-electron chi connectivity index (χ1n) is 7.28. The molecule has 5 heteroatoms. The SMILES string of the molecule is CSCC[Si](OC(C)(C)C)(OC(C)(C)C)OC(C)(C)C. The van der Waals surface area contributed by atoms with E-state index in [0.717, 1.165) is 11.8 Å². The zero-order chi connectivity index (χ0) is 16.2. The number of rotatable bonds is 6. The van der Waals surface area contributed by atoms with Crippen LogP contribution in [0.5, 0.6) is 0 Å². The molecule has 20 heavy (non-hydrogen) atoms. The summed E-state index contributed by atoms with van der Waals surface area (Å²) < 4.78 is 19.1. The van der Waals surface area contributed by atoms with Gasteiger partial charge in [0, 0.05) is 6.04 Å². The molecule has 122 valence electrons. The molecule has 0 aliphatic carbocycles. The van der Waals surface area contributed by atoms with Crippen LogP contribution in [-0.2, 0) is 13.3 Å². The molecular weight excluding hydrogens is 288 g/mol. The quantitative estimate of drug-likeness (QED) is 0.661. The fraction of sp³-hybridized carbons (Fsp3) is 1.00. The average molecular weight is 323 g/mol. The Bertz CT molecular complexity index is 246. The molecular formula is C15H34O3SSi. The monoisotopic (exact) mass is 322 g/mol. The van der Waals surface area contributed by atoms with E-state index in [9.17, 15) is 0 Å². The van der Waals surface area contributed by atoms with Crippen LogP contribution in [0, 0.1) is 0 Å². The van der Waals surface area contributed by atoms with Gasteiger partial charge in [-0.15, -0.1) is 0 Å². The molecule has 0 aromatic heterocycles. The topological polar surface area (TPSA) is 27.7 Å². The van der Waals surface area contributed by atoms with Crippen molar-refractivity contribution in [1.29, 1.82) is 0 Å². The minimum Gasteiger partial charge on any atom is -0.368 e. The van der Waals surface area contributed by atoms with Gasteiger partial charge in [-0.3, -0.25) is 0 Å². The second-order valence-corrected chi connectivity index (χ2v) is 11.5. The number of hydrogen-bond donors (Lipinski definition) is 0. The van der Waals surface area contributed by atoms with E-state index in [0.29, 0.717) is 0 Å². The fourth-order valence-electron chi connectivity index (χ4n) is 1.84.